The number of benzene rings is 2. The second-order valence-electron chi connectivity index (χ2n) is 5.71. The van der Waals surface area contributed by atoms with Crippen LogP contribution in [0.1, 0.15) is 18.1 Å². The fourth-order valence-electron chi connectivity index (χ4n) is 2.48. The van der Waals surface area contributed by atoms with Crippen molar-refractivity contribution in [2.45, 2.75) is 13.3 Å². The Bertz CT molecular complexity index is 1140. The summed E-state index contributed by atoms with van der Waals surface area (Å²) < 4.78 is 14.5. The lowest BCUT2D eigenvalue weighted by atomic mass is 10.1. The normalized spacial score (nSPS) is 11.2. The molecule has 0 amide bonds. The second kappa shape index (κ2) is 7.85. The summed E-state index contributed by atoms with van der Waals surface area (Å²) in [6.07, 6.45) is 2.16. The van der Waals surface area contributed by atoms with Crippen LogP contribution >= 0.6 is 23.8 Å². The minimum atomic E-state index is -0.604. The van der Waals surface area contributed by atoms with Crippen LogP contribution in [0.25, 0.3) is 5.69 Å². The quantitative estimate of drug-likeness (QED) is 0.489. The van der Waals surface area contributed by atoms with Gasteiger partial charge < -0.3 is 5.11 Å². The van der Waals surface area contributed by atoms with E-state index in [1.54, 1.807) is 0 Å². The van der Waals surface area contributed by atoms with Crippen molar-refractivity contribution in [2.24, 2.45) is 4.99 Å². The maximum Gasteiger partial charge on any atom is 0.264 e. The lowest BCUT2D eigenvalue weighted by molar-refractivity contribution is 0.432. The van der Waals surface area contributed by atoms with Crippen LogP contribution in [0.3, 0.4) is 0 Å². The van der Waals surface area contributed by atoms with Gasteiger partial charge >= 0.3 is 0 Å². The Labute approximate surface area is 164 Å². The first-order valence-corrected chi connectivity index (χ1v) is 8.86. The van der Waals surface area contributed by atoms with Crippen molar-refractivity contribution in [3.05, 3.63) is 79.6 Å². The number of halogens is 2. The molecule has 3 rings (SSSR count). The van der Waals surface area contributed by atoms with Crippen LogP contribution in [0, 0.1) is 10.6 Å². The SMILES string of the molecule is CCc1ccc(N=Cc2c(O)n(-c3ccc(F)c(Cl)c3)c(=S)[nH]c2=O)cc1. The van der Waals surface area contributed by atoms with E-state index in [2.05, 4.69) is 9.98 Å². The topological polar surface area (TPSA) is 70.4 Å². The van der Waals surface area contributed by atoms with Crippen LogP contribution in [0.15, 0.2) is 52.3 Å². The van der Waals surface area contributed by atoms with Crippen LogP contribution in [0.5, 0.6) is 5.88 Å². The first-order chi connectivity index (χ1) is 12.9. The zero-order valence-corrected chi connectivity index (χ0v) is 15.8. The van der Waals surface area contributed by atoms with Gasteiger partial charge in [0.05, 0.1) is 16.4 Å². The van der Waals surface area contributed by atoms with Crippen molar-refractivity contribution >= 4 is 35.7 Å². The number of nitrogens with one attached hydrogen (secondary N) is 1. The maximum absolute atomic E-state index is 13.4. The Kier molecular flexibility index (Phi) is 5.53. The van der Waals surface area contributed by atoms with Crippen LogP contribution in [-0.4, -0.2) is 20.9 Å². The average Bonchev–Trinajstić information content (AvgIpc) is 2.64. The molecule has 5 nitrogen and oxygen atoms in total. The van der Waals surface area contributed by atoms with Gasteiger partial charge in [0, 0.05) is 6.21 Å². The van der Waals surface area contributed by atoms with E-state index in [0.717, 1.165) is 18.1 Å². The Morgan fingerprint density at radius 2 is 2.00 bits per heavy atom. The number of aromatic nitrogens is 2. The van der Waals surface area contributed by atoms with Gasteiger partial charge in [-0.15, -0.1) is 0 Å². The monoisotopic (exact) mass is 403 g/mol. The Morgan fingerprint density at radius 1 is 1.30 bits per heavy atom. The van der Waals surface area contributed by atoms with Gasteiger partial charge in [0.2, 0.25) is 5.88 Å². The van der Waals surface area contributed by atoms with Crippen molar-refractivity contribution in [1.29, 1.82) is 0 Å². The van der Waals surface area contributed by atoms with E-state index in [1.807, 2.05) is 31.2 Å². The van der Waals surface area contributed by atoms with Crippen molar-refractivity contribution in [1.82, 2.24) is 9.55 Å². The summed E-state index contributed by atoms with van der Waals surface area (Å²) in [5.41, 5.74) is 1.43. The molecular formula is C19H15ClFN3O2S. The lowest BCUT2D eigenvalue weighted by Gasteiger charge is -2.11. The zero-order chi connectivity index (χ0) is 19.6. The van der Waals surface area contributed by atoms with Crippen molar-refractivity contribution in [3.8, 4) is 11.6 Å². The summed E-state index contributed by atoms with van der Waals surface area (Å²) >= 11 is 10.9. The number of aliphatic imine (C=N–C) groups is 1. The Morgan fingerprint density at radius 3 is 2.63 bits per heavy atom. The van der Waals surface area contributed by atoms with E-state index in [4.69, 9.17) is 23.8 Å². The molecule has 0 aliphatic carbocycles. The van der Waals surface area contributed by atoms with Gasteiger partial charge in [-0.25, -0.2) is 4.39 Å². The van der Waals surface area contributed by atoms with Crippen LogP contribution in [0.4, 0.5) is 10.1 Å². The van der Waals surface area contributed by atoms with Crippen LogP contribution in [-0.2, 0) is 6.42 Å². The minimum Gasteiger partial charge on any atom is -0.494 e. The standard InChI is InChI=1S/C19H15ClFN3O2S/c1-2-11-3-5-12(6-4-11)22-10-14-17(25)23-19(27)24(18(14)26)13-7-8-16(21)15(20)9-13/h3-10,26H,2H2,1H3,(H,23,25,27). The molecule has 8 heteroatoms. The van der Waals surface area contributed by atoms with Gasteiger partial charge in [-0.05, 0) is 54.5 Å². The molecule has 0 radical (unpaired) electrons. The number of aryl methyl sites for hydroxylation is 1. The molecule has 27 heavy (non-hydrogen) atoms. The third kappa shape index (κ3) is 3.99. The summed E-state index contributed by atoms with van der Waals surface area (Å²) in [6, 6.07) is 11.3. The third-order valence-electron chi connectivity index (χ3n) is 3.97. The number of aromatic hydroxyl groups is 1. The predicted molar refractivity (Wildman–Crippen MR) is 107 cm³/mol. The van der Waals surface area contributed by atoms with E-state index in [-0.39, 0.29) is 15.4 Å². The molecule has 3 aromatic rings. The first-order valence-electron chi connectivity index (χ1n) is 8.07. The zero-order valence-electron chi connectivity index (χ0n) is 14.2. The molecule has 0 aliphatic rings. The molecule has 0 spiro atoms. The fourth-order valence-corrected chi connectivity index (χ4v) is 2.93. The van der Waals surface area contributed by atoms with Gasteiger partial charge in [0.25, 0.3) is 5.56 Å². The number of aromatic amines is 1. The van der Waals surface area contributed by atoms with E-state index >= 15 is 0 Å². The summed E-state index contributed by atoms with van der Waals surface area (Å²) in [7, 11) is 0. The first kappa shape index (κ1) is 19.0. The van der Waals surface area contributed by atoms with Crippen molar-refractivity contribution in [3.63, 3.8) is 0 Å². The average molecular weight is 404 g/mol. The van der Waals surface area contributed by atoms with Crippen molar-refractivity contribution < 1.29 is 9.50 Å². The maximum atomic E-state index is 13.4. The molecule has 1 aromatic heterocycles. The number of rotatable bonds is 4. The minimum absolute atomic E-state index is 0.0513. The molecule has 1 heterocycles. The fraction of sp³-hybridized carbons (Fsp3) is 0.105. The molecule has 0 saturated heterocycles. The van der Waals surface area contributed by atoms with Gasteiger partial charge in [-0.2, -0.15) is 0 Å². The van der Waals surface area contributed by atoms with Crippen molar-refractivity contribution in [2.75, 3.05) is 0 Å². The molecule has 2 N–H and O–H groups in total. The highest BCUT2D eigenvalue weighted by molar-refractivity contribution is 7.71. The highest BCUT2D eigenvalue weighted by Crippen LogP contribution is 2.24. The number of hydrogen-bond donors (Lipinski definition) is 2. The molecule has 138 valence electrons. The van der Waals surface area contributed by atoms with Gasteiger partial charge in [0.1, 0.15) is 11.4 Å². The summed E-state index contributed by atoms with van der Waals surface area (Å²) in [4.78, 5) is 18.9. The van der Waals surface area contributed by atoms with Gasteiger partial charge in [0.15, 0.2) is 4.77 Å². The molecule has 0 saturated carbocycles. The second-order valence-corrected chi connectivity index (χ2v) is 6.50. The van der Waals surface area contributed by atoms with Crippen LogP contribution < -0.4 is 5.56 Å². The molecule has 0 bridgehead atoms. The van der Waals surface area contributed by atoms with Gasteiger partial charge in [-0.3, -0.25) is 19.3 Å². The predicted octanol–water partition coefficient (Wildman–Crippen LogP) is 4.71. The van der Waals surface area contributed by atoms with E-state index in [0.29, 0.717) is 11.4 Å². The highest BCUT2D eigenvalue weighted by Gasteiger charge is 2.13. The molecule has 0 unspecified atom stereocenters. The molecule has 0 atom stereocenters. The Balaban J connectivity index is 2.08. The summed E-state index contributed by atoms with van der Waals surface area (Å²) in [5, 5.41) is 10.4. The number of hydrogen-bond acceptors (Lipinski definition) is 4. The smallest absolute Gasteiger partial charge is 0.264 e. The third-order valence-corrected chi connectivity index (χ3v) is 4.54. The van der Waals surface area contributed by atoms with E-state index in [1.165, 1.54) is 22.9 Å². The summed E-state index contributed by atoms with van der Waals surface area (Å²) in [5.74, 6) is -1.02. The highest BCUT2D eigenvalue weighted by atomic mass is 35.5. The Hall–Kier alpha value is -2.77. The molecule has 2 aromatic carbocycles. The lowest BCUT2D eigenvalue weighted by Crippen LogP contribution is -2.18. The molecular weight excluding hydrogens is 389 g/mol. The largest absolute Gasteiger partial charge is 0.494 e. The summed E-state index contributed by atoms with van der Waals surface area (Å²) in [6.45, 7) is 2.05. The van der Waals surface area contributed by atoms with E-state index in [9.17, 15) is 14.3 Å². The molecule has 0 aliphatic heterocycles. The number of H-pyrrole nitrogens is 1. The van der Waals surface area contributed by atoms with Gasteiger partial charge in [-0.1, -0.05) is 30.7 Å². The number of nitrogens with zero attached hydrogens (tertiary/aromatic N) is 2. The van der Waals surface area contributed by atoms with Crippen LogP contribution in [0.2, 0.25) is 5.02 Å². The van der Waals surface area contributed by atoms with E-state index < -0.39 is 17.3 Å². The molecule has 0 fully saturated rings.